The minimum Gasteiger partial charge on any atom is -0.330 e. The van der Waals surface area contributed by atoms with Crippen molar-refractivity contribution >= 4 is 34.4 Å². The molecule has 3 aliphatic rings. The zero-order valence-electron chi connectivity index (χ0n) is 18.9. The van der Waals surface area contributed by atoms with Crippen molar-refractivity contribution in [2.75, 3.05) is 11.4 Å². The van der Waals surface area contributed by atoms with Gasteiger partial charge < -0.3 is 9.80 Å². The topological polar surface area (TPSA) is 97.6 Å². The number of hydrogen-bond acceptors (Lipinski definition) is 5. The Morgan fingerprint density at radius 2 is 1.67 bits per heavy atom. The van der Waals surface area contributed by atoms with E-state index in [2.05, 4.69) is 4.98 Å². The van der Waals surface area contributed by atoms with Crippen molar-refractivity contribution in [3.8, 4) is 6.07 Å². The first-order valence-corrected chi connectivity index (χ1v) is 10.9. The number of aromatic nitrogens is 1. The van der Waals surface area contributed by atoms with E-state index in [1.54, 1.807) is 0 Å². The van der Waals surface area contributed by atoms with E-state index < -0.39 is 66.5 Å². The predicted octanol–water partition coefficient (Wildman–Crippen LogP) is 3.69. The summed E-state index contributed by atoms with van der Waals surface area (Å²) in [5.41, 5.74) is 0.127. The van der Waals surface area contributed by atoms with Crippen LogP contribution in [0.3, 0.4) is 0 Å². The van der Waals surface area contributed by atoms with Gasteiger partial charge in [-0.3, -0.25) is 14.6 Å². The lowest BCUT2D eigenvalue weighted by Crippen LogP contribution is -2.67. The molecule has 8 nitrogen and oxygen atoms in total. The van der Waals surface area contributed by atoms with Crippen LogP contribution in [0.5, 0.6) is 0 Å². The number of hydrogen-bond donors (Lipinski definition) is 0. The van der Waals surface area contributed by atoms with Crippen LogP contribution < -0.4 is 4.90 Å². The van der Waals surface area contributed by atoms with Crippen LogP contribution in [-0.4, -0.2) is 81.2 Å². The highest BCUT2D eigenvalue weighted by Crippen LogP contribution is 2.54. The molecule has 206 valence electrons. The maximum atomic E-state index is 14.4. The Morgan fingerprint density at radius 1 is 1.00 bits per heavy atom. The van der Waals surface area contributed by atoms with Crippen LogP contribution in [-0.2, 0) is 9.59 Å². The first-order chi connectivity index (χ1) is 18.0. The van der Waals surface area contributed by atoms with E-state index >= 15 is 0 Å². The lowest BCUT2D eigenvalue weighted by atomic mass is 10.0. The van der Waals surface area contributed by atoms with E-state index in [-0.39, 0.29) is 33.5 Å². The zero-order valence-corrected chi connectivity index (χ0v) is 18.9. The molecule has 0 saturated carbocycles. The molecule has 0 N–H and O–H groups in total. The number of carbonyl (C=O) groups excluding carboxylic acids is 3. The van der Waals surface area contributed by atoms with Gasteiger partial charge in [0.05, 0.1) is 28.9 Å². The van der Waals surface area contributed by atoms with E-state index in [4.69, 9.17) is 0 Å². The third-order valence-corrected chi connectivity index (χ3v) is 7.05. The Kier molecular flexibility index (Phi) is 5.41. The molecule has 3 saturated heterocycles. The fraction of sp³-hybridized carbons (Fsp3) is 0.409. The van der Waals surface area contributed by atoms with Gasteiger partial charge in [-0.15, -0.1) is 0 Å². The highest BCUT2D eigenvalue weighted by Gasteiger charge is 2.84. The van der Waals surface area contributed by atoms with E-state index in [0.717, 1.165) is 4.90 Å². The lowest BCUT2D eigenvalue weighted by Gasteiger charge is -2.39. The number of imide groups is 1. The van der Waals surface area contributed by atoms with Gasteiger partial charge in [0.1, 0.15) is 12.1 Å². The number of alkyl halides is 9. The van der Waals surface area contributed by atoms with Gasteiger partial charge in [-0.2, -0.15) is 44.8 Å². The Balaban J connectivity index is 1.48. The molecule has 5 rings (SSSR count). The molecule has 17 heteroatoms. The van der Waals surface area contributed by atoms with Crippen molar-refractivity contribution in [2.24, 2.45) is 0 Å². The maximum absolute atomic E-state index is 14.4. The van der Waals surface area contributed by atoms with Crippen LogP contribution in [0.1, 0.15) is 12.0 Å². The standard InChI is InChI=1S/C22H12F9N5O3/c23-19(24,20(25,26)21(27,28)22(29,30)31)17(38)34-8-10-6-13(34)15-16(37)36(18(39)35(10)15)12-4-3-9(7-32)14-11(12)2-1-5-33-14/h1-5,10,13,15H,6,8H2/t10-,13-,15-/m0/s1. The van der Waals surface area contributed by atoms with E-state index in [0.29, 0.717) is 4.90 Å². The summed E-state index contributed by atoms with van der Waals surface area (Å²) in [7, 11) is 0. The lowest BCUT2D eigenvalue weighted by molar-refractivity contribution is -0.389. The van der Waals surface area contributed by atoms with Crippen LogP contribution >= 0.6 is 0 Å². The number of fused-ring (bicyclic) bond motifs is 6. The summed E-state index contributed by atoms with van der Waals surface area (Å²) in [6, 6.07) is 1.66. The van der Waals surface area contributed by atoms with Crippen molar-refractivity contribution < 1.29 is 53.9 Å². The number of nitriles is 1. The number of nitrogens with zero attached hydrogens (tertiary/aromatic N) is 5. The number of halogens is 9. The quantitative estimate of drug-likeness (QED) is 0.416. The maximum Gasteiger partial charge on any atom is 0.460 e. The normalized spacial score (nSPS) is 23.6. The molecule has 3 atom stereocenters. The molecule has 1 aromatic carbocycles. The number of urea groups is 1. The summed E-state index contributed by atoms with van der Waals surface area (Å²) in [4.78, 5) is 44.4. The molecule has 4 heterocycles. The number of likely N-dealkylation sites (tertiary alicyclic amines) is 1. The highest BCUT2D eigenvalue weighted by atomic mass is 19.4. The number of carbonyl (C=O) groups is 3. The molecule has 2 aromatic rings. The minimum absolute atomic E-state index is 0.0562. The molecule has 0 aliphatic carbocycles. The molecule has 3 aliphatic heterocycles. The highest BCUT2D eigenvalue weighted by molar-refractivity contribution is 6.25. The summed E-state index contributed by atoms with van der Waals surface area (Å²) in [6.07, 6.45) is -6.15. The van der Waals surface area contributed by atoms with E-state index in [1.165, 1.54) is 30.5 Å². The number of amides is 4. The third kappa shape index (κ3) is 3.26. The van der Waals surface area contributed by atoms with Gasteiger partial charge in [0, 0.05) is 18.1 Å². The van der Waals surface area contributed by atoms with Gasteiger partial charge in [0.25, 0.3) is 11.8 Å². The zero-order chi connectivity index (χ0) is 28.9. The molecule has 39 heavy (non-hydrogen) atoms. The van der Waals surface area contributed by atoms with Crippen LogP contribution in [0.2, 0.25) is 0 Å². The molecule has 0 spiro atoms. The monoisotopic (exact) mass is 565 g/mol. The third-order valence-electron chi connectivity index (χ3n) is 7.05. The molecule has 0 radical (unpaired) electrons. The van der Waals surface area contributed by atoms with Gasteiger partial charge in [-0.1, -0.05) is 0 Å². The molecular formula is C22H12F9N5O3. The summed E-state index contributed by atoms with van der Waals surface area (Å²) >= 11 is 0. The summed E-state index contributed by atoms with van der Waals surface area (Å²) < 4.78 is 121. The molecule has 0 unspecified atom stereocenters. The van der Waals surface area contributed by atoms with Gasteiger partial charge in [0.2, 0.25) is 0 Å². The van der Waals surface area contributed by atoms with E-state index in [9.17, 15) is 59.2 Å². The first kappa shape index (κ1) is 26.5. The number of pyridine rings is 1. The Bertz CT molecular complexity index is 1470. The van der Waals surface area contributed by atoms with Gasteiger partial charge in [-0.25, -0.2) is 9.69 Å². The fourth-order valence-corrected chi connectivity index (χ4v) is 5.25. The fourth-order valence-electron chi connectivity index (χ4n) is 5.25. The Hall–Kier alpha value is -4.10. The summed E-state index contributed by atoms with van der Waals surface area (Å²) in [6.45, 7) is -0.911. The average Bonchev–Trinajstić information content (AvgIpc) is 3.53. The SMILES string of the molecule is N#Cc1ccc(N2C(=O)[C@@H]3[C@@H]4C[C@@H](CN4C(=O)C(F)(F)C(F)(F)C(F)(F)C(F)(F)F)N3C2=O)c2cccnc12. The van der Waals surface area contributed by atoms with Crippen molar-refractivity contribution in [2.45, 2.75) is 48.5 Å². The molecule has 4 amide bonds. The number of rotatable bonds is 4. The van der Waals surface area contributed by atoms with Crippen LogP contribution in [0.15, 0.2) is 30.5 Å². The van der Waals surface area contributed by atoms with E-state index in [1.807, 2.05) is 6.07 Å². The summed E-state index contributed by atoms with van der Waals surface area (Å²) in [5, 5.41) is 9.46. The van der Waals surface area contributed by atoms with Gasteiger partial charge in [0.15, 0.2) is 0 Å². The predicted molar refractivity (Wildman–Crippen MR) is 110 cm³/mol. The van der Waals surface area contributed by atoms with Crippen molar-refractivity contribution in [3.05, 3.63) is 36.0 Å². The van der Waals surface area contributed by atoms with Gasteiger partial charge in [-0.05, 0) is 30.7 Å². The van der Waals surface area contributed by atoms with Crippen molar-refractivity contribution in [1.82, 2.24) is 14.8 Å². The molecule has 2 bridgehead atoms. The minimum atomic E-state index is -7.26. The second kappa shape index (κ2) is 7.96. The second-order valence-corrected chi connectivity index (χ2v) is 9.09. The second-order valence-electron chi connectivity index (χ2n) is 9.09. The molecule has 3 fully saturated rings. The number of anilines is 1. The van der Waals surface area contributed by atoms with Crippen molar-refractivity contribution in [1.29, 1.82) is 5.26 Å². The first-order valence-electron chi connectivity index (χ1n) is 10.9. The number of benzene rings is 1. The van der Waals surface area contributed by atoms with Gasteiger partial charge >= 0.3 is 30.0 Å². The number of piperazine rings is 1. The Morgan fingerprint density at radius 3 is 2.28 bits per heavy atom. The molecule has 1 aromatic heterocycles. The van der Waals surface area contributed by atoms with Crippen LogP contribution in [0.4, 0.5) is 50.0 Å². The van der Waals surface area contributed by atoms with Crippen LogP contribution in [0, 0.1) is 11.3 Å². The summed E-state index contributed by atoms with van der Waals surface area (Å²) in [5.74, 6) is -25.1. The van der Waals surface area contributed by atoms with Crippen LogP contribution in [0.25, 0.3) is 10.9 Å². The average molecular weight is 565 g/mol. The molecular weight excluding hydrogens is 553 g/mol. The Labute approximate surface area is 211 Å². The van der Waals surface area contributed by atoms with Crippen molar-refractivity contribution in [3.63, 3.8) is 0 Å². The smallest absolute Gasteiger partial charge is 0.330 e. The largest absolute Gasteiger partial charge is 0.460 e.